The Morgan fingerprint density at radius 3 is 2.37 bits per heavy atom. The van der Waals surface area contributed by atoms with Gasteiger partial charge in [-0.05, 0) is 48.0 Å². The maximum absolute atomic E-state index is 10.7. The molecule has 0 aromatic heterocycles. The molecule has 0 bridgehead atoms. The van der Waals surface area contributed by atoms with Crippen LogP contribution in [0.1, 0.15) is 28.9 Å². The maximum atomic E-state index is 10.7. The van der Waals surface area contributed by atoms with Crippen LogP contribution in [0.25, 0.3) is 5.70 Å². The van der Waals surface area contributed by atoms with E-state index in [9.17, 15) is 5.11 Å². The van der Waals surface area contributed by atoms with Crippen molar-refractivity contribution in [2.24, 2.45) is 0 Å². The largest absolute Gasteiger partial charge is 0.504 e. The van der Waals surface area contributed by atoms with Crippen LogP contribution >= 0.6 is 34.8 Å². The quantitative estimate of drug-likeness (QED) is 0.492. The summed E-state index contributed by atoms with van der Waals surface area (Å²) in [6, 6.07) is 18.4. The molecule has 154 valence electrons. The molecule has 2 unspecified atom stereocenters. The van der Waals surface area contributed by atoms with Crippen LogP contribution < -0.4 is 15.4 Å². The van der Waals surface area contributed by atoms with Gasteiger partial charge in [-0.3, -0.25) is 0 Å². The van der Waals surface area contributed by atoms with Gasteiger partial charge in [0.05, 0.1) is 17.7 Å². The smallest absolute Gasteiger partial charge is 0.188 e. The minimum absolute atomic E-state index is 0.121. The highest BCUT2D eigenvalue weighted by Crippen LogP contribution is 2.36. The summed E-state index contributed by atoms with van der Waals surface area (Å²) in [5.74, 6) is 0.553. The van der Waals surface area contributed by atoms with Crippen LogP contribution in [0.4, 0.5) is 0 Å². The van der Waals surface area contributed by atoms with Crippen molar-refractivity contribution in [3.8, 4) is 11.5 Å². The molecule has 30 heavy (non-hydrogen) atoms. The average molecular weight is 463 g/mol. The van der Waals surface area contributed by atoms with Gasteiger partial charge in [-0.25, -0.2) is 0 Å². The van der Waals surface area contributed by atoms with Gasteiger partial charge in [0, 0.05) is 27.4 Å². The van der Waals surface area contributed by atoms with E-state index in [1.165, 1.54) is 7.11 Å². The number of phenolic OH excluding ortho intramolecular Hbond substituents is 1. The first-order valence-electron chi connectivity index (χ1n) is 9.36. The minimum atomic E-state index is -0.193. The first kappa shape index (κ1) is 20.9. The number of halogens is 3. The Morgan fingerprint density at radius 1 is 0.933 bits per heavy atom. The van der Waals surface area contributed by atoms with Gasteiger partial charge in [0.2, 0.25) is 0 Å². The van der Waals surface area contributed by atoms with Gasteiger partial charge in [0.1, 0.15) is 6.04 Å². The number of benzene rings is 3. The molecule has 0 amide bonds. The van der Waals surface area contributed by atoms with E-state index in [0.717, 1.165) is 22.4 Å². The minimum Gasteiger partial charge on any atom is -0.504 e. The summed E-state index contributed by atoms with van der Waals surface area (Å²) in [7, 11) is 1.54. The van der Waals surface area contributed by atoms with Crippen molar-refractivity contribution in [3.63, 3.8) is 0 Å². The molecule has 4 rings (SSSR count). The number of nitrogens with one attached hydrogen (secondary N) is 1. The topological polar surface area (TPSA) is 58.1 Å². The number of rotatable bonds is 4. The number of aromatic hydroxyl groups is 1. The van der Waals surface area contributed by atoms with E-state index in [1.54, 1.807) is 12.1 Å². The van der Waals surface area contributed by atoms with Gasteiger partial charge >= 0.3 is 0 Å². The molecule has 7 heteroatoms. The lowest BCUT2D eigenvalue weighted by Gasteiger charge is -2.30. The van der Waals surface area contributed by atoms with Crippen LogP contribution in [-0.4, -0.2) is 12.2 Å². The second kappa shape index (κ2) is 8.78. The zero-order valence-electron chi connectivity index (χ0n) is 16.1. The Morgan fingerprint density at radius 2 is 1.67 bits per heavy atom. The van der Waals surface area contributed by atoms with Crippen LogP contribution in [0, 0.1) is 0 Å². The molecule has 0 radical (unpaired) electrons. The third-order valence-electron chi connectivity index (χ3n) is 5.12. The third kappa shape index (κ3) is 4.23. The van der Waals surface area contributed by atoms with Gasteiger partial charge in [0.25, 0.3) is 0 Å². The molecule has 0 aliphatic carbocycles. The van der Waals surface area contributed by atoms with E-state index in [2.05, 4.69) is 16.7 Å². The fourth-order valence-electron chi connectivity index (χ4n) is 3.62. The van der Waals surface area contributed by atoms with E-state index >= 15 is 0 Å². The summed E-state index contributed by atoms with van der Waals surface area (Å²) in [5, 5.41) is 18.2. The predicted molar refractivity (Wildman–Crippen MR) is 121 cm³/mol. The zero-order valence-corrected chi connectivity index (χ0v) is 18.3. The lowest BCUT2D eigenvalue weighted by molar-refractivity contribution is -0.731. The first-order chi connectivity index (χ1) is 14.5. The molecule has 4 N–H and O–H groups in total. The molecule has 0 saturated carbocycles. The number of quaternary nitrogens is 1. The van der Waals surface area contributed by atoms with E-state index in [1.807, 2.05) is 48.5 Å². The van der Waals surface area contributed by atoms with Crippen molar-refractivity contribution in [2.75, 3.05) is 7.11 Å². The van der Waals surface area contributed by atoms with Crippen molar-refractivity contribution >= 4 is 40.5 Å². The van der Waals surface area contributed by atoms with Crippen molar-refractivity contribution in [1.82, 2.24) is 5.32 Å². The summed E-state index contributed by atoms with van der Waals surface area (Å²) < 4.78 is 5.29. The standard InChI is InChI=1S/C23H19Cl3N2O2/c1-30-21-4-2-3-17(22(21)29)20-12-19(13-5-7-14(24)8-6-13)27-23(28-20)16-10-9-15(25)11-18(16)26/h2-12,20,23,27-29H,1H3/p+1. The number of phenols is 1. The number of para-hydroxylation sites is 1. The van der Waals surface area contributed by atoms with Crippen LogP contribution in [0.3, 0.4) is 0 Å². The second-order valence-corrected chi connectivity index (χ2v) is 8.27. The van der Waals surface area contributed by atoms with Crippen LogP contribution in [0.15, 0.2) is 66.7 Å². The van der Waals surface area contributed by atoms with E-state index < -0.39 is 0 Å². The fraction of sp³-hybridized carbons (Fsp3) is 0.130. The number of hydrogen-bond acceptors (Lipinski definition) is 3. The molecule has 0 fully saturated rings. The van der Waals surface area contributed by atoms with E-state index in [0.29, 0.717) is 20.8 Å². The molecular formula is C23H20Cl3N2O2+. The predicted octanol–water partition coefficient (Wildman–Crippen LogP) is 5.31. The maximum Gasteiger partial charge on any atom is 0.188 e. The summed E-state index contributed by atoms with van der Waals surface area (Å²) in [6.45, 7) is 0. The highest BCUT2D eigenvalue weighted by atomic mass is 35.5. The Kier molecular flexibility index (Phi) is 6.11. The van der Waals surface area contributed by atoms with Crippen molar-refractivity contribution in [3.05, 3.63) is 98.5 Å². The Hall–Kier alpha value is -2.37. The normalized spacial score (nSPS) is 18.5. The molecule has 0 saturated heterocycles. The molecule has 0 spiro atoms. The SMILES string of the molecule is COc1cccc(C2C=C(c3ccc(Cl)cc3)NC(c3ccc(Cl)cc3Cl)[NH2+]2)c1O. The number of ether oxygens (including phenoxy) is 1. The van der Waals surface area contributed by atoms with Gasteiger partial charge in [-0.15, -0.1) is 0 Å². The van der Waals surface area contributed by atoms with Gasteiger partial charge in [-0.1, -0.05) is 53.0 Å². The molecule has 4 nitrogen and oxygen atoms in total. The second-order valence-electron chi connectivity index (χ2n) is 6.99. The average Bonchev–Trinajstić information content (AvgIpc) is 2.74. The lowest BCUT2D eigenvalue weighted by Crippen LogP contribution is -2.89. The van der Waals surface area contributed by atoms with E-state index in [4.69, 9.17) is 39.5 Å². The number of methoxy groups -OCH3 is 1. The fourth-order valence-corrected chi connectivity index (χ4v) is 4.27. The van der Waals surface area contributed by atoms with Crippen LogP contribution in [0.5, 0.6) is 11.5 Å². The van der Waals surface area contributed by atoms with Crippen molar-refractivity contribution in [1.29, 1.82) is 0 Å². The molecule has 1 aliphatic heterocycles. The highest BCUT2D eigenvalue weighted by Gasteiger charge is 2.31. The molecule has 3 aromatic carbocycles. The summed E-state index contributed by atoms with van der Waals surface area (Å²) in [4.78, 5) is 0. The van der Waals surface area contributed by atoms with Crippen molar-refractivity contribution in [2.45, 2.75) is 12.2 Å². The Bertz CT molecular complexity index is 1100. The summed E-state index contributed by atoms with van der Waals surface area (Å²) >= 11 is 18.7. The lowest BCUT2D eigenvalue weighted by atomic mass is 9.97. The first-order valence-corrected chi connectivity index (χ1v) is 10.5. The highest BCUT2D eigenvalue weighted by molar-refractivity contribution is 6.35. The molecular weight excluding hydrogens is 443 g/mol. The summed E-state index contributed by atoms with van der Waals surface area (Å²) in [5.41, 5.74) is 3.54. The molecule has 1 heterocycles. The molecule has 1 aliphatic rings. The van der Waals surface area contributed by atoms with E-state index in [-0.39, 0.29) is 18.0 Å². The Labute approximate surface area is 190 Å². The van der Waals surface area contributed by atoms with Gasteiger partial charge in [0.15, 0.2) is 17.7 Å². The van der Waals surface area contributed by atoms with Crippen LogP contribution in [0.2, 0.25) is 15.1 Å². The summed E-state index contributed by atoms with van der Waals surface area (Å²) in [6.07, 6.45) is 1.87. The zero-order chi connectivity index (χ0) is 21.3. The molecule has 3 aromatic rings. The Balaban J connectivity index is 1.79. The van der Waals surface area contributed by atoms with Crippen molar-refractivity contribution < 1.29 is 15.2 Å². The molecule has 2 atom stereocenters. The monoisotopic (exact) mass is 461 g/mol. The third-order valence-corrected chi connectivity index (χ3v) is 5.93. The van der Waals surface area contributed by atoms with Crippen LogP contribution in [-0.2, 0) is 0 Å². The number of hydrogen-bond donors (Lipinski definition) is 3. The number of nitrogens with two attached hydrogens (primary N) is 1. The van der Waals surface area contributed by atoms with Gasteiger partial charge < -0.3 is 20.5 Å². The van der Waals surface area contributed by atoms with Gasteiger partial charge in [-0.2, -0.15) is 0 Å².